The molecule has 0 amide bonds. The van der Waals surface area contributed by atoms with Crippen LogP contribution in [0, 0.1) is 5.41 Å². The molecule has 4 nitrogen and oxygen atoms in total. The van der Waals surface area contributed by atoms with Gasteiger partial charge in [-0.25, -0.2) is 4.79 Å². The van der Waals surface area contributed by atoms with Gasteiger partial charge in [0.05, 0.1) is 5.71 Å². The van der Waals surface area contributed by atoms with Crippen LogP contribution in [0.15, 0.2) is 5.16 Å². The van der Waals surface area contributed by atoms with Crippen LogP contribution in [0.3, 0.4) is 0 Å². The van der Waals surface area contributed by atoms with E-state index in [4.69, 9.17) is 5.11 Å². The first-order valence-corrected chi connectivity index (χ1v) is 3.93. The molecule has 0 aliphatic heterocycles. The summed E-state index contributed by atoms with van der Waals surface area (Å²) in [6.07, 6.45) is 2.25. The summed E-state index contributed by atoms with van der Waals surface area (Å²) in [6, 6.07) is 0. The van der Waals surface area contributed by atoms with Crippen molar-refractivity contribution in [1.29, 1.82) is 0 Å². The Hall–Kier alpha value is -1.06. The van der Waals surface area contributed by atoms with Crippen LogP contribution in [-0.2, 0) is 9.63 Å². The van der Waals surface area contributed by atoms with Gasteiger partial charge in [-0.15, -0.1) is 0 Å². The zero-order valence-electron chi connectivity index (χ0n) is 7.33. The van der Waals surface area contributed by atoms with Gasteiger partial charge < -0.3 is 9.94 Å². The molecule has 0 atom stereocenters. The van der Waals surface area contributed by atoms with Gasteiger partial charge in [-0.05, 0) is 19.8 Å². The Kier molecular flexibility index (Phi) is 2.35. The average Bonchev–Trinajstić information content (AvgIpc) is 2.68. The predicted octanol–water partition coefficient (Wildman–Crippen LogP) is 1.26. The van der Waals surface area contributed by atoms with Crippen molar-refractivity contribution in [3.63, 3.8) is 0 Å². The Labute approximate surface area is 71.2 Å². The Morgan fingerprint density at radius 2 is 2.25 bits per heavy atom. The molecule has 0 aromatic heterocycles. The van der Waals surface area contributed by atoms with E-state index >= 15 is 0 Å². The van der Waals surface area contributed by atoms with Crippen molar-refractivity contribution in [2.75, 3.05) is 6.61 Å². The SMILES string of the molecule is C/C(=N\OCC(=O)O)C1(C)CC1. The van der Waals surface area contributed by atoms with Crippen molar-refractivity contribution in [3.05, 3.63) is 0 Å². The summed E-state index contributed by atoms with van der Waals surface area (Å²) >= 11 is 0. The van der Waals surface area contributed by atoms with Crippen LogP contribution in [0.2, 0.25) is 0 Å². The molecule has 0 spiro atoms. The lowest BCUT2D eigenvalue weighted by atomic mass is 10.1. The monoisotopic (exact) mass is 171 g/mol. The lowest BCUT2D eigenvalue weighted by Gasteiger charge is -2.05. The van der Waals surface area contributed by atoms with E-state index in [0.717, 1.165) is 18.6 Å². The maximum atomic E-state index is 10.1. The molecule has 0 bridgehead atoms. The number of hydrogen-bond acceptors (Lipinski definition) is 3. The first-order valence-electron chi connectivity index (χ1n) is 3.93. The second-order valence-electron chi connectivity index (χ2n) is 3.40. The Morgan fingerprint density at radius 3 is 2.67 bits per heavy atom. The summed E-state index contributed by atoms with van der Waals surface area (Å²) in [7, 11) is 0. The zero-order chi connectivity index (χ0) is 9.19. The molecule has 1 fully saturated rings. The first kappa shape index (κ1) is 9.03. The second-order valence-corrected chi connectivity index (χ2v) is 3.40. The Morgan fingerprint density at radius 1 is 1.67 bits per heavy atom. The Balaban J connectivity index is 2.31. The van der Waals surface area contributed by atoms with Crippen molar-refractivity contribution in [3.8, 4) is 0 Å². The number of nitrogens with zero attached hydrogens (tertiary/aromatic N) is 1. The fourth-order valence-electron chi connectivity index (χ4n) is 0.844. The van der Waals surface area contributed by atoms with E-state index in [1.54, 1.807) is 0 Å². The van der Waals surface area contributed by atoms with Crippen molar-refractivity contribution in [2.24, 2.45) is 10.6 Å². The molecule has 0 aromatic rings. The smallest absolute Gasteiger partial charge is 0.344 e. The van der Waals surface area contributed by atoms with Gasteiger partial charge in [-0.1, -0.05) is 12.1 Å². The van der Waals surface area contributed by atoms with E-state index < -0.39 is 5.97 Å². The summed E-state index contributed by atoms with van der Waals surface area (Å²) < 4.78 is 0. The van der Waals surface area contributed by atoms with Crippen LogP contribution < -0.4 is 0 Å². The highest BCUT2D eigenvalue weighted by atomic mass is 16.6. The minimum absolute atomic E-state index is 0.179. The van der Waals surface area contributed by atoms with Gasteiger partial charge in [0.2, 0.25) is 6.61 Å². The van der Waals surface area contributed by atoms with Crippen LogP contribution >= 0.6 is 0 Å². The van der Waals surface area contributed by atoms with Crippen molar-refractivity contribution >= 4 is 11.7 Å². The van der Waals surface area contributed by atoms with Gasteiger partial charge in [0.1, 0.15) is 0 Å². The predicted molar refractivity (Wildman–Crippen MR) is 44.0 cm³/mol. The van der Waals surface area contributed by atoms with Gasteiger partial charge in [-0.3, -0.25) is 0 Å². The molecule has 1 rings (SSSR count). The highest BCUT2D eigenvalue weighted by Gasteiger charge is 2.40. The number of hydrogen-bond donors (Lipinski definition) is 1. The molecule has 0 aromatic carbocycles. The molecule has 0 unspecified atom stereocenters. The maximum absolute atomic E-state index is 10.1. The summed E-state index contributed by atoms with van der Waals surface area (Å²) in [4.78, 5) is 14.7. The van der Waals surface area contributed by atoms with Gasteiger partial charge in [0.15, 0.2) is 0 Å². The zero-order valence-corrected chi connectivity index (χ0v) is 7.33. The molecule has 1 aliphatic carbocycles. The van der Waals surface area contributed by atoms with Crippen LogP contribution in [0.5, 0.6) is 0 Å². The molecule has 1 aliphatic rings. The standard InChI is InChI=1S/C8H13NO3/c1-6(8(2)3-4-8)9-12-5-7(10)11/h3-5H2,1-2H3,(H,10,11)/b9-6+. The lowest BCUT2D eigenvalue weighted by molar-refractivity contribution is -0.142. The summed E-state index contributed by atoms with van der Waals surface area (Å²) in [5.41, 5.74) is 1.07. The quantitative estimate of drug-likeness (QED) is 0.511. The molecule has 68 valence electrons. The summed E-state index contributed by atoms with van der Waals surface area (Å²) in [5, 5.41) is 12.0. The number of carbonyl (C=O) groups is 1. The first-order chi connectivity index (χ1) is 5.54. The lowest BCUT2D eigenvalue weighted by Crippen LogP contribution is -2.10. The minimum atomic E-state index is -0.993. The molecule has 0 saturated heterocycles. The van der Waals surface area contributed by atoms with E-state index in [0.29, 0.717) is 0 Å². The number of rotatable bonds is 4. The van der Waals surface area contributed by atoms with Crippen molar-refractivity contribution in [1.82, 2.24) is 0 Å². The molecular formula is C8H13NO3. The largest absolute Gasteiger partial charge is 0.479 e. The van der Waals surface area contributed by atoms with Crippen molar-refractivity contribution < 1.29 is 14.7 Å². The average molecular weight is 171 g/mol. The third-order valence-electron chi connectivity index (χ3n) is 2.26. The van der Waals surface area contributed by atoms with E-state index in [-0.39, 0.29) is 12.0 Å². The molecule has 0 heterocycles. The minimum Gasteiger partial charge on any atom is -0.479 e. The van der Waals surface area contributed by atoms with E-state index in [1.165, 1.54) is 0 Å². The number of aliphatic carboxylic acids is 1. The van der Waals surface area contributed by atoms with Gasteiger partial charge in [-0.2, -0.15) is 0 Å². The highest BCUT2D eigenvalue weighted by Crippen LogP contribution is 2.46. The molecule has 12 heavy (non-hydrogen) atoms. The van der Waals surface area contributed by atoms with Crippen LogP contribution in [0.25, 0.3) is 0 Å². The van der Waals surface area contributed by atoms with E-state index in [1.807, 2.05) is 6.92 Å². The van der Waals surface area contributed by atoms with Crippen LogP contribution in [-0.4, -0.2) is 23.4 Å². The van der Waals surface area contributed by atoms with Gasteiger partial charge in [0.25, 0.3) is 0 Å². The Bertz CT molecular complexity index is 218. The fourth-order valence-corrected chi connectivity index (χ4v) is 0.844. The summed E-state index contributed by atoms with van der Waals surface area (Å²) in [5.74, 6) is -0.993. The van der Waals surface area contributed by atoms with Crippen molar-refractivity contribution in [2.45, 2.75) is 26.7 Å². The number of oxime groups is 1. The van der Waals surface area contributed by atoms with Crippen LogP contribution in [0.1, 0.15) is 26.7 Å². The molecule has 0 radical (unpaired) electrons. The normalized spacial score (nSPS) is 20.3. The third-order valence-corrected chi connectivity index (χ3v) is 2.26. The fraction of sp³-hybridized carbons (Fsp3) is 0.750. The summed E-state index contributed by atoms with van der Waals surface area (Å²) in [6.45, 7) is 3.61. The molecular weight excluding hydrogens is 158 g/mol. The highest BCUT2D eigenvalue weighted by molar-refractivity contribution is 5.89. The topological polar surface area (TPSA) is 58.9 Å². The van der Waals surface area contributed by atoms with E-state index in [9.17, 15) is 4.79 Å². The molecule has 1 N–H and O–H groups in total. The number of carboxylic acid groups (broad SMARTS) is 1. The second kappa shape index (κ2) is 3.13. The molecule has 4 heteroatoms. The maximum Gasteiger partial charge on any atom is 0.344 e. The third kappa shape index (κ3) is 2.22. The van der Waals surface area contributed by atoms with Gasteiger partial charge >= 0.3 is 5.97 Å². The van der Waals surface area contributed by atoms with Crippen LogP contribution in [0.4, 0.5) is 0 Å². The number of carboxylic acids is 1. The molecule has 1 saturated carbocycles. The van der Waals surface area contributed by atoms with E-state index in [2.05, 4.69) is 16.9 Å². The van der Waals surface area contributed by atoms with Gasteiger partial charge in [0, 0.05) is 5.41 Å².